The smallest absolute Gasteiger partial charge is 0.165 e. The van der Waals surface area contributed by atoms with Crippen LogP contribution < -0.4 is 4.90 Å². The molecule has 1 saturated heterocycles. The molecule has 0 spiro atoms. The second-order valence-electron chi connectivity index (χ2n) is 4.80. The molecule has 0 saturated carbocycles. The number of piperidine rings is 1. The highest BCUT2D eigenvalue weighted by Gasteiger charge is 2.25. The van der Waals surface area contributed by atoms with E-state index in [4.69, 9.17) is 0 Å². The van der Waals surface area contributed by atoms with Crippen molar-refractivity contribution in [3.63, 3.8) is 0 Å². The highest BCUT2D eigenvalue weighted by Crippen LogP contribution is 2.33. The minimum Gasteiger partial charge on any atom is -0.369 e. The molecule has 1 aromatic rings. The zero-order chi connectivity index (χ0) is 13.3. The summed E-state index contributed by atoms with van der Waals surface area (Å²) in [6.07, 6.45) is 3.22. The van der Waals surface area contributed by atoms with Crippen molar-refractivity contribution in [1.82, 2.24) is 0 Å². The van der Waals surface area contributed by atoms with Gasteiger partial charge in [0, 0.05) is 24.2 Å². The van der Waals surface area contributed by atoms with E-state index in [1.807, 2.05) is 4.90 Å². The Morgan fingerprint density at radius 1 is 0.944 bits per heavy atom. The van der Waals surface area contributed by atoms with Crippen LogP contribution in [0.2, 0.25) is 0 Å². The molecule has 1 aliphatic heterocycles. The van der Waals surface area contributed by atoms with Gasteiger partial charge in [-0.05, 0) is 32.6 Å². The molecule has 0 amide bonds. The van der Waals surface area contributed by atoms with Crippen molar-refractivity contribution in [1.29, 1.82) is 0 Å². The van der Waals surface area contributed by atoms with Gasteiger partial charge in [-0.25, -0.2) is 13.2 Å². The van der Waals surface area contributed by atoms with Gasteiger partial charge in [-0.15, -0.1) is 0 Å². The van der Waals surface area contributed by atoms with Crippen LogP contribution in [0.1, 0.15) is 37.3 Å². The molecule has 0 radical (unpaired) electrons. The molecule has 1 nitrogen and oxygen atoms in total. The first-order valence-corrected chi connectivity index (χ1v) is 6.48. The zero-order valence-electron chi connectivity index (χ0n) is 10.8. The molecule has 2 rings (SSSR count). The molecule has 0 bridgehead atoms. The topological polar surface area (TPSA) is 3.24 Å². The van der Waals surface area contributed by atoms with E-state index < -0.39 is 17.5 Å². The summed E-state index contributed by atoms with van der Waals surface area (Å²) in [5, 5.41) is 0. The fourth-order valence-corrected chi connectivity index (χ4v) is 2.61. The summed E-state index contributed by atoms with van der Waals surface area (Å²) in [5.41, 5.74) is 0.202. The fraction of sp³-hybridized carbons (Fsp3) is 0.571. The normalized spacial score (nSPS) is 16.2. The standard InChI is InChI=1S/C14H18F3N/c1-3-10-12(16)11(15)9(2)14(13(10)17)18-7-5-4-6-8-18/h3-8H2,1-2H3. The zero-order valence-corrected chi connectivity index (χ0v) is 10.8. The van der Waals surface area contributed by atoms with Crippen molar-refractivity contribution in [3.8, 4) is 0 Å². The van der Waals surface area contributed by atoms with E-state index in [1.165, 1.54) is 6.92 Å². The number of rotatable bonds is 2. The van der Waals surface area contributed by atoms with Gasteiger partial charge in [-0.1, -0.05) is 6.92 Å². The van der Waals surface area contributed by atoms with Crippen LogP contribution in [0.3, 0.4) is 0 Å². The Kier molecular flexibility index (Phi) is 3.83. The monoisotopic (exact) mass is 257 g/mol. The average Bonchev–Trinajstić information content (AvgIpc) is 2.38. The second-order valence-corrected chi connectivity index (χ2v) is 4.80. The van der Waals surface area contributed by atoms with Crippen LogP contribution >= 0.6 is 0 Å². The summed E-state index contributed by atoms with van der Waals surface area (Å²) >= 11 is 0. The Hall–Kier alpha value is -1.19. The van der Waals surface area contributed by atoms with E-state index in [1.54, 1.807) is 6.92 Å². The maximum Gasteiger partial charge on any atom is 0.165 e. The molecule has 0 aromatic heterocycles. The molecule has 0 aliphatic carbocycles. The fourth-order valence-electron chi connectivity index (χ4n) is 2.61. The first-order chi connectivity index (χ1) is 8.57. The van der Waals surface area contributed by atoms with Gasteiger partial charge in [0.1, 0.15) is 0 Å². The van der Waals surface area contributed by atoms with Gasteiger partial charge < -0.3 is 4.90 Å². The van der Waals surface area contributed by atoms with Crippen molar-refractivity contribution in [2.45, 2.75) is 39.5 Å². The number of hydrogen-bond donors (Lipinski definition) is 0. The SMILES string of the molecule is CCc1c(F)c(F)c(C)c(N2CCCCC2)c1F. The molecule has 0 atom stereocenters. The summed E-state index contributed by atoms with van der Waals surface area (Å²) in [7, 11) is 0. The molecule has 18 heavy (non-hydrogen) atoms. The van der Waals surface area contributed by atoms with Crippen molar-refractivity contribution in [3.05, 3.63) is 28.6 Å². The molecule has 100 valence electrons. The van der Waals surface area contributed by atoms with Crippen LogP contribution in [0.25, 0.3) is 0 Å². The first-order valence-electron chi connectivity index (χ1n) is 6.48. The summed E-state index contributed by atoms with van der Waals surface area (Å²) < 4.78 is 41.8. The number of halogens is 3. The van der Waals surface area contributed by atoms with Crippen LogP contribution in [0.5, 0.6) is 0 Å². The lowest BCUT2D eigenvalue weighted by molar-refractivity contribution is 0.471. The summed E-state index contributed by atoms with van der Waals surface area (Å²) in [6, 6.07) is 0. The molecule has 0 unspecified atom stereocenters. The van der Waals surface area contributed by atoms with E-state index in [2.05, 4.69) is 0 Å². The van der Waals surface area contributed by atoms with E-state index in [0.29, 0.717) is 13.1 Å². The third-order valence-electron chi connectivity index (χ3n) is 3.64. The quantitative estimate of drug-likeness (QED) is 0.725. The third-order valence-corrected chi connectivity index (χ3v) is 3.64. The molecule has 1 aromatic carbocycles. The average molecular weight is 257 g/mol. The van der Waals surface area contributed by atoms with Crippen molar-refractivity contribution in [2.75, 3.05) is 18.0 Å². The Morgan fingerprint density at radius 3 is 2.11 bits per heavy atom. The molecule has 1 aliphatic rings. The number of hydrogen-bond acceptors (Lipinski definition) is 1. The minimum absolute atomic E-state index is 0.0871. The molecular weight excluding hydrogens is 239 g/mol. The minimum atomic E-state index is -1.03. The van der Waals surface area contributed by atoms with Crippen LogP contribution in [0.15, 0.2) is 0 Å². The molecule has 0 N–H and O–H groups in total. The highest BCUT2D eigenvalue weighted by atomic mass is 19.2. The Balaban J connectivity index is 2.54. The predicted molar refractivity (Wildman–Crippen MR) is 66.5 cm³/mol. The van der Waals surface area contributed by atoms with Crippen LogP contribution in [-0.2, 0) is 6.42 Å². The number of anilines is 1. The van der Waals surface area contributed by atoms with E-state index >= 15 is 0 Å². The van der Waals surface area contributed by atoms with Crippen LogP contribution in [0, 0.1) is 24.4 Å². The van der Waals surface area contributed by atoms with Crippen molar-refractivity contribution in [2.24, 2.45) is 0 Å². The van der Waals surface area contributed by atoms with Gasteiger partial charge in [0.25, 0.3) is 0 Å². The van der Waals surface area contributed by atoms with Gasteiger partial charge in [-0.3, -0.25) is 0 Å². The maximum atomic E-state index is 14.3. The Morgan fingerprint density at radius 2 is 1.56 bits per heavy atom. The highest BCUT2D eigenvalue weighted by molar-refractivity contribution is 5.58. The van der Waals surface area contributed by atoms with Crippen molar-refractivity contribution >= 4 is 5.69 Å². The predicted octanol–water partition coefficient (Wildman–Crippen LogP) is 3.97. The lowest BCUT2D eigenvalue weighted by Crippen LogP contribution is -2.31. The first kappa shape index (κ1) is 13.2. The van der Waals surface area contributed by atoms with E-state index in [9.17, 15) is 13.2 Å². The van der Waals surface area contributed by atoms with Gasteiger partial charge in [0.15, 0.2) is 17.5 Å². The van der Waals surface area contributed by atoms with Gasteiger partial charge in [0.05, 0.1) is 5.69 Å². The summed E-state index contributed by atoms with van der Waals surface area (Å²) in [5.74, 6) is -2.53. The lowest BCUT2D eigenvalue weighted by Gasteiger charge is -2.31. The third kappa shape index (κ3) is 2.08. The second kappa shape index (κ2) is 5.21. The van der Waals surface area contributed by atoms with Crippen LogP contribution in [0.4, 0.5) is 18.9 Å². The summed E-state index contributed by atoms with van der Waals surface area (Å²) in [6.45, 7) is 4.51. The molecule has 4 heteroatoms. The van der Waals surface area contributed by atoms with Gasteiger partial charge in [0.2, 0.25) is 0 Å². The maximum absolute atomic E-state index is 14.3. The Bertz CT molecular complexity index is 451. The van der Waals surface area contributed by atoms with Crippen LogP contribution in [-0.4, -0.2) is 13.1 Å². The molecule has 1 fully saturated rings. The largest absolute Gasteiger partial charge is 0.369 e. The van der Waals surface area contributed by atoms with Gasteiger partial charge in [-0.2, -0.15) is 0 Å². The molecule has 1 heterocycles. The molecular formula is C14H18F3N. The number of nitrogens with zero attached hydrogens (tertiary/aromatic N) is 1. The van der Waals surface area contributed by atoms with E-state index in [0.717, 1.165) is 19.3 Å². The number of benzene rings is 1. The van der Waals surface area contributed by atoms with Gasteiger partial charge >= 0.3 is 0 Å². The van der Waals surface area contributed by atoms with Crippen molar-refractivity contribution < 1.29 is 13.2 Å². The Labute approximate surface area is 106 Å². The lowest BCUT2D eigenvalue weighted by atomic mass is 10.0. The van der Waals surface area contributed by atoms with E-state index in [-0.39, 0.29) is 23.2 Å². The summed E-state index contributed by atoms with van der Waals surface area (Å²) in [4.78, 5) is 1.84.